The molecule has 0 aromatic carbocycles. The Morgan fingerprint density at radius 2 is 2.05 bits per heavy atom. The Kier molecular flexibility index (Phi) is 5.79. The van der Waals surface area contributed by atoms with Crippen LogP contribution in [0.25, 0.3) is 0 Å². The van der Waals surface area contributed by atoms with Crippen LogP contribution in [-0.4, -0.2) is 35.2 Å². The highest BCUT2D eigenvalue weighted by Crippen LogP contribution is 2.24. The van der Waals surface area contributed by atoms with E-state index < -0.39 is 0 Å². The van der Waals surface area contributed by atoms with Gasteiger partial charge in [-0.3, -0.25) is 4.79 Å². The molecule has 1 N–H and O–H groups in total. The molecule has 0 unspecified atom stereocenters. The van der Waals surface area contributed by atoms with Crippen molar-refractivity contribution in [3.05, 3.63) is 22.7 Å². The van der Waals surface area contributed by atoms with Crippen LogP contribution in [0.3, 0.4) is 0 Å². The number of aryl methyl sites for hydroxylation is 1. The SMILES string of the molecule is CCCNC1CCC(N(C)c2nccn(CC)c2=O)CC1. The highest BCUT2D eigenvalue weighted by atomic mass is 16.1. The van der Waals surface area contributed by atoms with Crippen molar-refractivity contribution in [2.75, 3.05) is 18.5 Å². The van der Waals surface area contributed by atoms with Crippen molar-refractivity contribution >= 4 is 5.82 Å². The van der Waals surface area contributed by atoms with Gasteiger partial charge in [0.05, 0.1) is 0 Å². The third-order valence-electron chi connectivity index (χ3n) is 4.50. The van der Waals surface area contributed by atoms with E-state index >= 15 is 0 Å². The number of anilines is 1. The van der Waals surface area contributed by atoms with E-state index in [-0.39, 0.29) is 5.56 Å². The zero-order chi connectivity index (χ0) is 15.2. The van der Waals surface area contributed by atoms with Crippen LogP contribution in [0.1, 0.15) is 46.0 Å². The number of hydrogen-bond donors (Lipinski definition) is 1. The molecule has 0 aliphatic heterocycles. The summed E-state index contributed by atoms with van der Waals surface area (Å²) >= 11 is 0. The summed E-state index contributed by atoms with van der Waals surface area (Å²) in [6.45, 7) is 5.98. The van der Waals surface area contributed by atoms with Crippen LogP contribution >= 0.6 is 0 Å². The van der Waals surface area contributed by atoms with Crippen molar-refractivity contribution in [3.63, 3.8) is 0 Å². The van der Waals surface area contributed by atoms with Gasteiger partial charge in [-0.1, -0.05) is 6.92 Å². The summed E-state index contributed by atoms with van der Waals surface area (Å²) in [7, 11) is 2.01. The normalized spacial score (nSPS) is 22.2. The van der Waals surface area contributed by atoms with Gasteiger partial charge < -0.3 is 14.8 Å². The average molecular weight is 292 g/mol. The molecule has 1 saturated carbocycles. The van der Waals surface area contributed by atoms with E-state index in [1.807, 2.05) is 14.0 Å². The van der Waals surface area contributed by atoms with Gasteiger partial charge >= 0.3 is 0 Å². The summed E-state index contributed by atoms with van der Waals surface area (Å²) in [6, 6.07) is 1.07. The first-order valence-corrected chi connectivity index (χ1v) is 8.19. The fraction of sp³-hybridized carbons (Fsp3) is 0.750. The standard InChI is InChI=1S/C16H28N4O/c1-4-10-17-13-6-8-14(9-7-13)19(3)15-16(21)20(5-2)12-11-18-15/h11-14,17H,4-10H2,1-3H3. The highest BCUT2D eigenvalue weighted by molar-refractivity contribution is 5.36. The molecule has 0 bridgehead atoms. The Bertz CT molecular complexity index is 491. The first kappa shape index (κ1) is 16.0. The van der Waals surface area contributed by atoms with Gasteiger partial charge in [0.15, 0.2) is 5.82 Å². The number of nitrogens with one attached hydrogen (secondary N) is 1. The fourth-order valence-corrected chi connectivity index (χ4v) is 3.12. The third-order valence-corrected chi connectivity index (χ3v) is 4.50. The number of nitrogens with zero attached hydrogens (tertiary/aromatic N) is 3. The average Bonchev–Trinajstić information content (AvgIpc) is 2.53. The van der Waals surface area contributed by atoms with Crippen LogP contribution in [0.15, 0.2) is 17.2 Å². The van der Waals surface area contributed by atoms with Gasteiger partial charge in [-0.15, -0.1) is 0 Å². The van der Waals surface area contributed by atoms with Crippen LogP contribution in [0.4, 0.5) is 5.82 Å². The van der Waals surface area contributed by atoms with Crippen LogP contribution in [0, 0.1) is 0 Å². The molecule has 0 radical (unpaired) electrons. The lowest BCUT2D eigenvalue weighted by Crippen LogP contribution is -2.43. The zero-order valence-corrected chi connectivity index (χ0v) is 13.5. The van der Waals surface area contributed by atoms with Crippen molar-refractivity contribution < 1.29 is 0 Å². The molecule has 1 aromatic rings. The summed E-state index contributed by atoms with van der Waals surface area (Å²) < 4.78 is 1.72. The van der Waals surface area contributed by atoms with Crippen LogP contribution < -0.4 is 15.8 Å². The molecular formula is C16H28N4O. The summed E-state index contributed by atoms with van der Waals surface area (Å²) in [5, 5.41) is 3.60. The van der Waals surface area contributed by atoms with Gasteiger partial charge in [0.1, 0.15) is 0 Å². The minimum atomic E-state index is 0.0220. The minimum Gasteiger partial charge on any atom is -0.352 e. The Morgan fingerprint density at radius 3 is 2.67 bits per heavy atom. The topological polar surface area (TPSA) is 50.2 Å². The molecule has 0 saturated heterocycles. The molecule has 21 heavy (non-hydrogen) atoms. The lowest BCUT2D eigenvalue weighted by Gasteiger charge is -2.35. The van der Waals surface area contributed by atoms with Crippen LogP contribution in [0.2, 0.25) is 0 Å². The van der Waals surface area contributed by atoms with Gasteiger partial charge in [-0.2, -0.15) is 0 Å². The molecular weight excluding hydrogens is 264 g/mol. The molecule has 1 aromatic heterocycles. The Labute approximate surface area is 127 Å². The summed E-state index contributed by atoms with van der Waals surface area (Å²) in [5.41, 5.74) is 0.0220. The molecule has 2 rings (SSSR count). The van der Waals surface area contributed by atoms with E-state index in [1.165, 1.54) is 19.3 Å². The van der Waals surface area contributed by atoms with E-state index in [2.05, 4.69) is 22.1 Å². The van der Waals surface area contributed by atoms with Crippen LogP contribution in [-0.2, 0) is 6.54 Å². The fourth-order valence-electron chi connectivity index (χ4n) is 3.12. The number of aromatic nitrogens is 2. The quantitative estimate of drug-likeness (QED) is 0.871. The third kappa shape index (κ3) is 3.84. The molecule has 1 heterocycles. The lowest BCUT2D eigenvalue weighted by molar-refractivity contribution is 0.336. The monoisotopic (exact) mass is 292 g/mol. The molecule has 5 heteroatoms. The van der Waals surface area contributed by atoms with Gasteiger partial charge in [0.25, 0.3) is 5.56 Å². The van der Waals surface area contributed by atoms with E-state index in [4.69, 9.17) is 0 Å². The second-order valence-electron chi connectivity index (χ2n) is 5.91. The molecule has 1 fully saturated rings. The minimum absolute atomic E-state index is 0.0220. The molecule has 1 aliphatic rings. The second-order valence-corrected chi connectivity index (χ2v) is 5.91. The number of rotatable bonds is 6. The van der Waals surface area contributed by atoms with Gasteiger partial charge in [0.2, 0.25) is 0 Å². The van der Waals surface area contributed by atoms with Gasteiger partial charge in [-0.25, -0.2) is 4.98 Å². The maximum atomic E-state index is 12.3. The summed E-state index contributed by atoms with van der Waals surface area (Å²) in [6.07, 6.45) is 9.29. The summed E-state index contributed by atoms with van der Waals surface area (Å²) in [5.74, 6) is 0.587. The number of hydrogen-bond acceptors (Lipinski definition) is 4. The predicted molar refractivity (Wildman–Crippen MR) is 86.9 cm³/mol. The molecule has 1 aliphatic carbocycles. The van der Waals surface area contributed by atoms with E-state index in [9.17, 15) is 4.79 Å². The maximum absolute atomic E-state index is 12.3. The van der Waals surface area contributed by atoms with Crippen molar-refractivity contribution in [1.82, 2.24) is 14.9 Å². The van der Waals surface area contributed by atoms with Gasteiger partial charge in [0, 0.05) is 38.1 Å². The first-order valence-electron chi connectivity index (χ1n) is 8.19. The van der Waals surface area contributed by atoms with E-state index in [0.29, 0.717) is 24.4 Å². The lowest BCUT2D eigenvalue weighted by atomic mass is 9.90. The van der Waals surface area contributed by atoms with Crippen molar-refractivity contribution in [3.8, 4) is 0 Å². The molecule has 118 valence electrons. The molecule has 0 spiro atoms. The van der Waals surface area contributed by atoms with Crippen LogP contribution in [0.5, 0.6) is 0 Å². The van der Waals surface area contributed by atoms with E-state index in [0.717, 1.165) is 19.4 Å². The Hall–Kier alpha value is -1.36. The highest BCUT2D eigenvalue weighted by Gasteiger charge is 2.25. The van der Waals surface area contributed by atoms with Crippen molar-refractivity contribution in [2.45, 2.75) is 64.6 Å². The molecule has 0 atom stereocenters. The second kappa shape index (κ2) is 7.59. The van der Waals surface area contributed by atoms with E-state index in [1.54, 1.807) is 17.0 Å². The smallest absolute Gasteiger partial charge is 0.293 e. The summed E-state index contributed by atoms with van der Waals surface area (Å²) in [4.78, 5) is 18.7. The molecule has 0 amide bonds. The van der Waals surface area contributed by atoms with Crippen molar-refractivity contribution in [2.24, 2.45) is 0 Å². The Balaban J connectivity index is 1.99. The largest absolute Gasteiger partial charge is 0.352 e. The van der Waals surface area contributed by atoms with Gasteiger partial charge in [-0.05, 0) is 45.6 Å². The van der Waals surface area contributed by atoms with Crippen molar-refractivity contribution in [1.29, 1.82) is 0 Å². The maximum Gasteiger partial charge on any atom is 0.293 e. The molecule has 5 nitrogen and oxygen atoms in total. The predicted octanol–water partition coefficient (Wildman–Crippen LogP) is 2.01. The Morgan fingerprint density at radius 1 is 1.33 bits per heavy atom. The first-order chi connectivity index (χ1) is 10.2. The zero-order valence-electron chi connectivity index (χ0n) is 13.5.